The zero-order chi connectivity index (χ0) is 15.2. The molecule has 1 aromatic carbocycles. The maximum Gasteiger partial charge on any atom is 0.159 e. The number of Topliss-reactive ketones (excluding diaryl/α,β-unsaturated/α-hetero) is 1. The fourth-order valence-electron chi connectivity index (χ4n) is 2.76. The van der Waals surface area contributed by atoms with Crippen molar-refractivity contribution in [1.29, 1.82) is 0 Å². The molecule has 0 bridgehead atoms. The highest BCUT2D eigenvalue weighted by molar-refractivity contribution is 5.94. The predicted molar refractivity (Wildman–Crippen MR) is 81.9 cm³/mol. The molecule has 4 heteroatoms. The Kier molecular flexibility index (Phi) is 5.76. The van der Waals surface area contributed by atoms with E-state index >= 15 is 0 Å². The van der Waals surface area contributed by atoms with Crippen molar-refractivity contribution in [3.8, 4) is 5.75 Å². The molecule has 2 N–H and O–H groups in total. The number of hydrogen-bond donors (Lipinski definition) is 2. The van der Waals surface area contributed by atoms with E-state index in [4.69, 9.17) is 4.74 Å². The van der Waals surface area contributed by atoms with Crippen molar-refractivity contribution in [2.45, 2.75) is 32.8 Å². The van der Waals surface area contributed by atoms with Crippen molar-refractivity contribution >= 4 is 5.78 Å². The minimum absolute atomic E-state index is 0.0212. The van der Waals surface area contributed by atoms with Crippen LogP contribution in [0.2, 0.25) is 0 Å². The summed E-state index contributed by atoms with van der Waals surface area (Å²) in [6.07, 6.45) is 2.02. The van der Waals surface area contributed by atoms with Crippen LogP contribution < -0.4 is 9.64 Å². The Morgan fingerprint density at radius 3 is 2.81 bits per heavy atom. The number of nitrogens with one attached hydrogen (secondary N) is 1. The number of aliphatic hydroxyl groups is 1. The molecule has 1 fully saturated rings. The summed E-state index contributed by atoms with van der Waals surface area (Å²) in [5.41, 5.74) is 0.637. The van der Waals surface area contributed by atoms with E-state index in [1.54, 1.807) is 18.2 Å². The van der Waals surface area contributed by atoms with Crippen molar-refractivity contribution in [1.82, 2.24) is 0 Å². The molecule has 1 aliphatic rings. The van der Waals surface area contributed by atoms with Gasteiger partial charge in [0.1, 0.15) is 25.0 Å². The third-order valence-corrected chi connectivity index (χ3v) is 4.19. The van der Waals surface area contributed by atoms with Gasteiger partial charge in [-0.1, -0.05) is 19.1 Å². The molecule has 116 valence electrons. The van der Waals surface area contributed by atoms with Crippen LogP contribution in [0.4, 0.5) is 0 Å². The Balaban J connectivity index is 1.77. The summed E-state index contributed by atoms with van der Waals surface area (Å²) in [5, 5.41) is 10.1. The van der Waals surface area contributed by atoms with E-state index in [0.29, 0.717) is 11.3 Å². The number of quaternary nitrogens is 1. The van der Waals surface area contributed by atoms with Crippen LogP contribution in [0.3, 0.4) is 0 Å². The summed E-state index contributed by atoms with van der Waals surface area (Å²) < 4.78 is 5.61. The topological polar surface area (TPSA) is 51.0 Å². The van der Waals surface area contributed by atoms with Crippen molar-refractivity contribution in [3.63, 3.8) is 0 Å². The quantitative estimate of drug-likeness (QED) is 0.767. The van der Waals surface area contributed by atoms with Crippen LogP contribution in [-0.2, 0) is 0 Å². The zero-order valence-corrected chi connectivity index (χ0v) is 13.0. The molecular formula is C17H26NO3+. The van der Waals surface area contributed by atoms with Gasteiger partial charge in [-0.25, -0.2) is 0 Å². The van der Waals surface area contributed by atoms with Gasteiger partial charge in [0.25, 0.3) is 0 Å². The van der Waals surface area contributed by atoms with E-state index < -0.39 is 6.10 Å². The van der Waals surface area contributed by atoms with E-state index in [9.17, 15) is 9.90 Å². The predicted octanol–water partition coefficient (Wildman–Crippen LogP) is 0.944. The summed E-state index contributed by atoms with van der Waals surface area (Å²) in [5.74, 6) is 1.48. The molecule has 1 atom stereocenters. The maximum atomic E-state index is 11.3. The highest BCUT2D eigenvalue weighted by atomic mass is 16.5. The third kappa shape index (κ3) is 5.14. The normalized spacial score (nSPS) is 23.6. The fraction of sp³-hybridized carbons (Fsp3) is 0.588. The van der Waals surface area contributed by atoms with Crippen LogP contribution in [0.25, 0.3) is 0 Å². The molecule has 0 radical (unpaired) electrons. The number of aliphatic hydroxyl groups excluding tert-OH is 1. The summed E-state index contributed by atoms with van der Waals surface area (Å²) >= 11 is 0. The van der Waals surface area contributed by atoms with Crippen LogP contribution in [0.1, 0.15) is 37.0 Å². The number of ketones is 1. The highest BCUT2D eigenvalue weighted by Crippen LogP contribution is 2.14. The van der Waals surface area contributed by atoms with Gasteiger partial charge in [0.2, 0.25) is 0 Å². The molecular weight excluding hydrogens is 266 g/mol. The number of carbonyl (C=O) groups is 1. The number of rotatable bonds is 6. The van der Waals surface area contributed by atoms with Crippen molar-refractivity contribution in [2.24, 2.45) is 5.92 Å². The molecule has 0 aromatic heterocycles. The molecule has 0 amide bonds. The van der Waals surface area contributed by atoms with Crippen LogP contribution >= 0.6 is 0 Å². The molecule has 0 spiro atoms. The summed E-state index contributed by atoms with van der Waals surface area (Å²) in [6, 6.07) is 7.11. The lowest BCUT2D eigenvalue weighted by Crippen LogP contribution is -3.14. The van der Waals surface area contributed by atoms with Crippen molar-refractivity contribution in [3.05, 3.63) is 29.8 Å². The molecule has 0 unspecified atom stereocenters. The van der Waals surface area contributed by atoms with Gasteiger partial charge in [0, 0.05) is 5.56 Å². The Morgan fingerprint density at radius 2 is 2.14 bits per heavy atom. The minimum atomic E-state index is -0.464. The molecule has 21 heavy (non-hydrogen) atoms. The van der Waals surface area contributed by atoms with Gasteiger partial charge >= 0.3 is 0 Å². The first-order valence-electron chi connectivity index (χ1n) is 7.80. The van der Waals surface area contributed by atoms with E-state index in [1.165, 1.54) is 24.7 Å². The van der Waals surface area contributed by atoms with Gasteiger partial charge < -0.3 is 14.7 Å². The largest absolute Gasteiger partial charge is 0.491 e. The van der Waals surface area contributed by atoms with E-state index in [1.807, 2.05) is 6.07 Å². The number of likely N-dealkylation sites (tertiary alicyclic amines) is 1. The monoisotopic (exact) mass is 292 g/mol. The summed E-state index contributed by atoms with van der Waals surface area (Å²) in [4.78, 5) is 12.8. The molecule has 1 saturated heterocycles. The number of hydrogen-bond acceptors (Lipinski definition) is 3. The Morgan fingerprint density at radius 1 is 1.43 bits per heavy atom. The van der Waals surface area contributed by atoms with Gasteiger partial charge in [0.05, 0.1) is 13.1 Å². The SMILES string of the molecule is CC(=O)c1cccc(OC[C@@H](O)C[NH+]2CCC(C)CC2)c1. The standard InChI is InChI=1S/C17H25NO3/c1-13-6-8-18(9-7-13)11-16(20)12-21-17-5-3-4-15(10-17)14(2)19/h3-5,10,13,16,20H,6-9,11-12H2,1-2H3/p+1/t16-/m0/s1. The lowest BCUT2D eigenvalue weighted by atomic mass is 9.99. The molecule has 4 nitrogen and oxygen atoms in total. The Labute approximate surface area is 126 Å². The second-order valence-electron chi connectivity index (χ2n) is 6.19. The van der Waals surface area contributed by atoms with Crippen LogP contribution in [0.5, 0.6) is 5.75 Å². The first-order chi connectivity index (χ1) is 10.0. The van der Waals surface area contributed by atoms with E-state index in [0.717, 1.165) is 25.6 Å². The van der Waals surface area contributed by atoms with Crippen molar-refractivity contribution in [2.75, 3.05) is 26.2 Å². The van der Waals surface area contributed by atoms with Gasteiger partial charge in [-0.3, -0.25) is 4.79 Å². The maximum absolute atomic E-state index is 11.3. The first-order valence-corrected chi connectivity index (χ1v) is 7.80. The molecule has 1 aromatic rings. The minimum Gasteiger partial charge on any atom is -0.491 e. The third-order valence-electron chi connectivity index (χ3n) is 4.19. The summed E-state index contributed by atoms with van der Waals surface area (Å²) in [6.45, 7) is 7.11. The Hall–Kier alpha value is -1.39. The average molecular weight is 292 g/mol. The van der Waals surface area contributed by atoms with Crippen molar-refractivity contribution < 1.29 is 19.5 Å². The molecule has 0 saturated carbocycles. The van der Waals surface area contributed by atoms with Gasteiger partial charge in [-0.05, 0) is 37.8 Å². The van der Waals surface area contributed by atoms with E-state index in [2.05, 4.69) is 6.92 Å². The Bertz CT molecular complexity index is 467. The lowest BCUT2D eigenvalue weighted by Gasteiger charge is -2.28. The number of carbonyl (C=O) groups excluding carboxylic acids is 1. The summed E-state index contributed by atoms with van der Waals surface area (Å²) in [7, 11) is 0. The van der Waals surface area contributed by atoms with Gasteiger partial charge in [-0.2, -0.15) is 0 Å². The zero-order valence-electron chi connectivity index (χ0n) is 13.0. The fourth-order valence-corrected chi connectivity index (χ4v) is 2.76. The van der Waals surface area contributed by atoms with Gasteiger partial charge in [-0.15, -0.1) is 0 Å². The molecule has 0 aliphatic carbocycles. The number of ether oxygens (including phenoxy) is 1. The average Bonchev–Trinajstić information content (AvgIpc) is 2.48. The first kappa shape index (κ1) is 16.0. The second-order valence-corrected chi connectivity index (χ2v) is 6.19. The highest BCUT2D eigenvalue weighted by Gasteiger charge is 2.21. The second kappa shape index (κ2) is 7.57. The number of piperidine rings is 1. The van der Waals surface area contributed by atoms with Crippen LogP contribution in [0.15, 0.2) is 24.3 Å². The number of benzene rings is 1. The van der Waals surface area contributed by atoms with E-state index in [-0.39, 0.29) is 12.4 Å². The smallest absolute Gasteiger partial charge is 0.159 e. The van der Waals surface area contributed by atoms with Gasteiger partial charge in [0.15, 0.2) is 5.78 Å². The molecule has 2 rings (SSSR count). The molecule has 1 aliphatic heterocycles. The van der Waals surface area contributed by atoms with Crippen LogP contribution in [-0.4, -0.2) is 43.2 Å². The molecule has 1 heterocycles. The van der Waals surface area contributed by atoms with Crippen LogP contribution in [0, 0.1) is 5.92 Å². The lowest BCUT2D eigenvalue weighted by molar-refractivity contribution is -0.909.